The zero-order valence-corrected chi connectivity index (χ0v) is 12.7. The summed E-state index contributed by atoms with van der Waals surface area (Å²) in [6.07, 6.45) is 2.45. The molecule has 7 nitrogen and oxygen atoms in total. The summed E-state index contributed by atoms with van der Waals surface area (Å²) in [7, 11) is 0. The molecule has 22 heavy (non-hydrogen) atoms. The van der Waals surface area contributed by atoms with E-state index in [-0.39, 0.29) is 11.3 Å². The van der Waals surface area contributed by atoms with Gasteiger partial charge in [-0.05, 0) is 45.0 Å². The smallest absolute Gasteiger partial charge is 0.342 e. The van der Waals surface area contributed by atoms with Crippen molar-refractivity contribution in [2.75, 3.05) is 37.6 Å². The molecule has 1 aliphatic heterocycles. The summed E-state index contributed by atoms with van der Waals surface area (Å²) < 4.78 is 0. The second kappa shape index (κ2) is 7.22. The van der Waals surface area contributed by atoms with Crippen molar-refractivity contribution in [2.45, 2.75) is 19.8 Å². The first kappa shape index (κ1) is 16.2. The Morgan fingerprint density at radius 1 is 1.41 bits per heavy atom. The van der Waals surface area contributed by atoms with Crippen LogP contribution in [-0.2, 0) is 0 Å². The number of likely N-dealkylation sites (tertiary alicyclic amines) is 1. The van der Waals surface area contributed by atoms with Crippen LogP contribution in [0.1, 0.15) is 30.1 Å². The Bertz CT molecular complexity index is 556. The highest BCUT2D eigenvalue weighted by Gasteiger charge is 2.21. The molecule has 0 bridgehead atoms. The Hall–Kier alpha value is -2.15. The number of rotatable bonds is 7. The van der Waals surface area contributed by atoms with E-state index in [1.165, 1.54) is 25.0 Å². The Kier molecular flexibility index (Phi) is 5.32. The highest BCUT2D eigenvalue weighted by atomic mass is 16.6. The maximum atomic E-state index is 11.1. The van der Waals surface area contributed by atoms with Gasteiger partial charge in [0.15, 0.2) is 0 Å². The number of carbonyl (C=O) groups is 1. The average molecular weight is 307 g/mol. The highest BCUT2D eigenvalue weighted by molar-refractivity contribution is 5.93. The summed E-state index contributed by atoms with van der Waals surface area (Å²) in [5, 5.41) is 20.1. The molecule has 1 aliphatic rings. The fourth-order valence-corrected chi connectivity index (χ4v) is 2.79. The van der Waals surface area contributed by atoms with Gasteiger partial charge in [-0.25, -0.2) is 4.79 Å². The van der Waals surface area contributed by atoms with Gasteiger partial charge in [0.25, 0.3) is 5.69 Å². The highest BCUT2D eigenvalue weighted by Crippen LogP contribution is 2.26. The van der Waals surface area contributed by atoms with Crippen molar-refractivity contribution in [3.05, 3.63) is 33.9 Å². The van der Waals surface area contributed by atoms with E-state index in [0.717, 1.165) is 32.7 Å². The maximum Gasteiger partial charge on any atom is 0.342 e. The van der Waals surface area contributed by atoms with Crippen molar-refractivity contribution in [1.82, 2.24) is 4.90 Å². The van der Waals surface area contributed by atoms with Crippen LogP contribution in [-0.4, -0.2) is 53.6 Å². The lowest BCUT2D eigenvalue weighted by Gasteiger charge is -2.26. The molecule has 2 rings (SSSR count). The molecule has 0 aliphatic carbocycles. The molecule has 0 aromatic heterocycles. The molecule has 1 fully saturated rings. The molecule has 0 spiro atoms. The van der Waals surface area contributed by atoms with Gasteiger partial charge in [-0.1, -0.05) is 0 Å². The van der Waals surface area contributed by atoms with Crippen LogP contribution in [0.3, 0.4) is 0 Å². The van der Waals surface area contributed by atoms with Crippen molar-refractivity contribution >= 4 is 17.3 Å². The zero-order chi connectivity index (χ0) is 16.1. The number of hydrogen-bond acceptors (Lipinski definition) is 5. The summed E-state index contributed by atoms with van der Waals surface area (Å²) in [4.78, 5) is 25.9. The van der Waals surface area contributed by atoms with Crippen molar-refractivity contribution in [3.63, 3.8) is 0 Å². The molecule has 1 N–H and O–H groups in total. The van der Waals surface area contributed by atoms with E-state index in [1.54, 1.807) is 6.07 Å². The van der Waals surface area contributed by atoms with Crippen LogP contribution in [0.25, 0.3) is 0 Å². The third-order valence-corrected chi connectivity index (χ3v) is 4.04. The summed E-state index contributed by atoms with van der Waals surface area (Å²) in [5.74, 6) is -1.28. The molecule has 0 amide bonds. The van der Waals surface area contributed by atoms with E-state index < -0.39 is 10.9 Å². The topological polar surface area (TPSA) is 86.9 Å². The fraction of sp³-hybridized carbons (Fsp3) is 0.533. The van der Waals surface area contributed by atoms with E-state index >= 15 is 0 Å². The van der Waals surface area contributed by atoms with Crippen LogP contribution >= 0.6 is 0 Å². The molecule has 1 saturated heterocycles. The third kappa shape index (κ3) is 3.73. The molecule has 0 radical (unpaired) electrons. The van der Waals surface area contributed by atoms with Crippen LogP contribution in [0.2, 0.25) is 0 Å². The van der Waals surface area contributed by atoms with Gasteiger partial charge in [-0.3, -0.25) is 10.1 Å². The van der Waals surface area contributed by atoms with Gasteiger partial charge in [0.1, 0.15) is 5.56 Å². The minimum Gasteiger partial charge on any atom is -0.477 e. The number of hydrogen-bond donors (Lipinski definition) is 1. The number of carboxylic acid groups (broad SMARTS) is 1. The van der Waals surface area contributed by atoms with E-state index in [4.69, 9.17) is 5.11 Å². The van der Waals surface area contributed by atoms with E-state index in [1.807, 2.05) is 11.8 Å². The molecule has 7 heteroatoms. The molecular weight excluding hydrogens is 286 g/mol. The second-order valence-electron chi connectivity index (χ2n) is 5.39. The predicted octanol–water partition coefficient (Wildman–Crippen LogP) is 2.22. The zero-order valence-electron chi connectivity index (χ0n) is 12.7. The van der Waals surface area contributed by atoms with Crippen LogP contribution < -0.4 is 4.90 Å². The van der Waals surface area contributed by atoms with Crippen LogP contribution in [0.4, 0.5) is 11.4 Å². The number of nitro benzene ring substituents is 1. The minimum atomic E-state index is -1.28. The molecule has 0 unspecified atom stereocenters. The molecule has 0 saturated carbocycles. The number of carboxylic acids is 1. The van der Waals surface area contributed by atoms with Crippen LogP contribution in [0.15, 0.2) is 18.2 Å². The molecular formula is C15H21N3O4. The number of nitro groups is 1. The Morgan fingerprint density at radius 2 is 2.09 bits per heavy atom. The molecule has 0 atom stereocenters. The first-order valence-corrected chi connectivity index (χ1v) is 7.52. The number of nitrogens with zero attached hydrogens (tertiary/aromatic N) is 3. The van der Waals surface area contributed by atoms with Gasteiger partial charge in [-0.15, -0.1) is 0 Å². The number of anilines is 1. The first-order chi connectivity index (χ1) is 10.5. The lowest BCUT2D eigenvalue weighted by Crippen LogP contribution is -2.33. The van der Waals surface area contributed by atoms with Gasteiger partial charge in [0.05, 0.1) is 4.92 Å². The predicted molar refractivity (Wildman–Crippen MR) is 83.6 cm³/mol. The lowest BCUT2D eigenvalue weighted by atomic mass is 10.1. The van der Waals surface area contributed by atoms with Gasteiger partial charge < -0.3 is 14.9 Å². The quantitative estimate of drug-likeness (QED) is 0.614. The Balaban J connectivity index is 2.15. The largest absolute Gasteiger partial charge is 0.477 e. The SMILES string of the molecule is CCN(CCN1CCCC1)c1ccc(C(=O)O)c([N+](=O)[O-])c1. The van der Waals surface area contributed by atoms with Crippen molar-refractivity contribution < 1.29 is 14.8 Å². The standard InChI is InChI=1S/C15H21N3O4/c1-2-17(10-9-16-7-3-4-8-16)12-5-6-13(15(19)20)14(11-12)18(21)22/h5-6,11H,2-4,7-10H2,1H3,(H,19,20). The third-order valence-electron chi connectivity index (χ3n) is 4.04. The van der Waals surface area contributed by atoms with E-state index in [2.05, 4.69) is 4.90 Å². The van der Waals surface area contributed by atoms with E-state index in [0.29, 0.717) is 5.69 Å². The first-order valence-electron chi connectivity index (χ1n) is 7.52. The molecule has 120 valence electrons. The van der Waals surface area contributed by atoms with Crippen molar-refractivity contribution in [2.24, 2.45) is 0 Å². The van der Waals surface area contributed by atoms with Crippen LogP contribution in [0.5, 0.6) is 0 Å². The average Bonchev–Trinajstić information content (AvgIpc) is 3.00. The monoisotopic (exact) mass is 307 g/mol. The number of likely N-dealkylation sites (N-methyl/N-ethyl adjacent to an activating group) is 1. The summed E-state index contributed by atoms with van der Waals surface area (Å²) in [5.41, 5.74) is 0.0624. The van der Waals surface area contributed by atoms with E-state index in [9.17, 15) is 14.9 Å². The fourth-order valence-electron chi connectivity index (χ4n) is 2.79. The van der Waals surface area contributed by atoms with Crippen molar-refractivity contribution in [1.29, 1.82) is 0 Å². The van der Waals surface area contributed by atoms with Crippen molar-refractivity contribution in [3.8, 4) is 0 Å². The van der Waals surface area contributed by atoms with Gasteiger partial charge in [-0.2, -0.15) is 0 Å². The Labute approximate surface area is 129 Å². The lowest BCUT2D eigenvalue weighted by molar-refractivity contribution is -0.385. The van der Waals surface area contributed by atoms with Gasteiger partial charge in [0.2, 0.25) is 0 Å². The van der Waals surface area contributed by atoms with Crippen LogP contribution in [0, 0.1) is 10.1 Å². The molecule has 1 heterocycles. The normalized spacial score (nSPS) is 15.0. The van der Waals surface area contributed by atoms with Gasteiger partial charge >= 0.3 is 5.97 Å². The number of benzene rings is 1. The number of aromatic carboxylic acids is 1. The summed E-state index contributed by atoms with van der Waals surface area (Å²) in [6, 6.07) is 4.31. The van der Waals surface area contributed by atoms with Gasteiger partial charge in [0, 0.05) is 31.4 Å². The summed E-state index contributed by atoms with van der Waals surface area (Å²) in [6.45, 7) is 6.62. The molecule has 1 aromatic carbocycles. The summed E-state index contributed by atoms with van der Waals surface area (Å²) >= 11 is 0. The second-order valence-corrected chi connectivity index (χ2v) is 5.39. The minimum absolute atomic E-state index is 0.274. The Morgan fingerprint density at radius 3 is 2.64 bits per heavy atom. The molecule has 1 aromatic rings. The maximum absolute atomic E-state index is 11.1.